The van der Waals surface area contributed by atoms with Gasteiger partial charge in [-0.05, 0) is 42.9 Å². The number of benzene rings is 1. The van der Waals surface area contributed by atoms with Crippen LogP contribution in [0.3, 0.4) is 0 Å². The fraction of sp³-hybridized carbons (Fsp3) is 0.625. The van der Waals surface area contributed by atoms with Gasteiger partial charge in [-0.1, -0.05) is 30.7 Å². The van der Waals surface area contributed by atoms with Gasteiger partial charge in [-0.15, -0.1) is 0 Å². The van der Waals surface area contributed by atoms with Gasteiger partial charge in [-0.2, -0.15) is 0 Å². The van der Waals surface area contributed by atoms with Crippen molar-refractivity contribution in [2.45, 2.75) is 31.6 Å². The monoisotopic (exact) mass is 308 g/mol. The van der Waals surface area contributed by atoms with E-state index in [2.05, 4.69) is 5.32 Å². The second-order valence-electron chi connectivity index (χ2n) is 6.37. The molecule has 5 heteroatoms. The van der Waals surface area contributed by atoms with Crippen molar-refractivity contribution >= 4 is 10.0 Å². The Labute approximate surface area is 127 Å². The van der Waals surface area contributed by atoms with E-state index >= 15 is 0 Å². The third-order valence-corrected chi connectivity index (χ3v) is 6.59. The van der Waals surface area contributed by atoms with Crippen molar-refractivity contribution in [1.29, 1.82) is 0 Å². The topological polar surface area (TPSA) is 49.4 Å². The first-order valence-electron chi connectivity index (χ1n) is 7.79. The second-order valence-corrected chi connectivity index (χ2v) is 8.34. The number of hydrogen-bond donors (Lipinski definition) is 1. The summed E-state index contributed by atoms with van der Waals surface area (Å²) in [6.07, 6.45) is 3.68. The van der Waals surface area contributed by atoms with E-state index in [1.165, 1.54) is 19.3 Å². The van der Waals surface area contributed by atoms with E-state index in [1.807, 2.05) is 31.3 Å². The lowest BCUT2D eigenvalue weighted by molar-refractivity contribution is 0.445. The maximum absolute atomic E-state index is 12.6. The van der Waals surface area contributed by atoms with Crippen molar-refractivity contribution in [3.63, 3.8) is 0 Å². The molecular formula is C16H24N2O2S. The summed E-state index contributed by atoms with van der Waals surface area (Å²) >= 11 is 0. The standard InChI is InChI=1S/C16H24N2O2S/c1-17-9-13-4-2-5-14(8-13)12-21(19,20)18-10-15-6-3-7-16(15)11-18/h2,4-5,8,15-17H,3,6-7,9-12H2,1H3. The summed E-state index contributed by atoms with van der Waals surface area (Å²) < 4.78 is 27.0. The Hall–Kier alpha value is -0.910. The molecule has 0 aromatic heterocycles. The fourth-order valence-corrected chi connectivity index (χ4v) is 5.38. The quantitative estimate of drug-likeness (QED) is 0.905. The first-order valence-corrected chi connectivity index (χ1v) is 9.39. The van der Waals surface area contributed by atoms with Crippen LogP contribution in [0.1, 0.15) is 30.4 Å². The Morgan fingerprint density at radius 1 is 1.19 bits per heavy atom. The minimum Gasteiger partial charge on any atom is -0.316 e. The van der Waals surface area contributed by atoms with Gasteiger partial charge in [-0.25, -0.2) is 12.7 Å². The highest BCUT2D eigenvalue weighted by atomic mass is 32.2. The SMILES string of the molecule is CNCc1cccc(CS(=O)(=O)N2CC3CCCC3C2)c1. The molecule has 2 atom stereocenters. The molecule has 1 aliphatic heterocycles. The molecule has 0 spiro atoms. The molecule has 2 aliphatic rings. The lowest BCUT2D eigenvalue weighted by Gasteiger charge is -2.17. The van der Waals surface area contributed by atoms with E-state index in [1.54, 1.807) is 4.31 Å². The number of fused-ring (bicyclic) bond motifs is 1. The molecule has 2 fully saturated rings. The first kappa shape index (κ1) is 15.0. The van der Waals surface area contributed by atoms with Crippen molar-refractivity contribution in [1.82, 2.24) is 9.62 Å². The zero-order chi connectivity index (χ0) is 14.9. The van der Waals surface area contributed by atoms with Crippen LogP contribution in [0.5, 0.6) is 0 Å². The highest BCUT2D eigenvalue weighted by molar-refractivity contribution is 7.88. The highest BCUT2D eigenvalue weighted by Gasteiger charge is 2.40. The molecule has 1 saturated carbocycles. The van der Waals surface area contributed by atoms with Gasteiger partial charge < -0.3 is 5.32 Å². The van der Waals surface area contributed by atoms with E-state index in [9.17, 15) is 8.42 Å². The molecule has 2 unspecified atom stereocenters. The zero-order valence-electron chi connectivity index (χ0n) is 12.6. The number of rotatable bonds is 5. The maximum Gasteiger partial charge on any atom is 0.218 e. The van der Waals surface area contributed by atoms with Gasteiger partial charge in [0.15, 0.2) is 0 Å². The molecule has 3 rings (SSSR count). The van der Waals surface area contributed by atoms with Crippen LogP contribution in [0.2, 0.25) is 0 Å². The normalized spacial score (nSPS) is 26.1. The fourth-order valence-electron chi connectivity index (χ4n) is 3.75. The van der Waals surface area contributed by atoms with Gasteiger partial charge in [-0.3, -0.25) is 0 Å². The predicted octanol–water partition coefficient (Wildman–Crippen LogP) is 1.97. The largest absolute Gasteiger partial charge is 0.316 e. The maximum atomic E-state index is 12.6. The van der Waals surface area contributed by atoms with E-state index in [4.69, 9.17) is 0 Å². The van der Waals surface area contributed by atoms with Gasteiger partial charge in [0.2, 0.25) is 10.0 Å². The number of hydrogen-bond acceptors (Lipinski definition) is 3. The predicted molar refractivity (Wildman–Crippen MR) is 84.2 cm³/mol. The van der Waals surface area contributed by atoms with Crippen LogP contribution in [0.25, 0.3) is 0 Å². The second kappa shape index (κ2) is 6.07. The van der Waals surface area contributed by atoms with Crippen LogP contribution >= 0.6 is 0 Å². The van der Waals surface area contributed by atoms with Gasteiger partial charge >= 0.3 is 0 Å². The molecule has 1 aromatic rings. The molecular weight excluding hydrogens is 284 g/mol. The van der Waals surface area contributed by atoms with Gasteiger partial charge in [0.1, 0.15) is 0 Å². The van der Waals surface area contributed by atoms with Crippen LogP contribution < -0.4 is 5.32 Å². The lowest BCUT2D eigenvalue weighted by atomic mass is 10.0. The Kier molecular flexibility index (Phi) is 4.33. The van der Waals surface area contributed by atoms with Gasteiger partial charge in [0.25, 0.3) is 0 Å². The molecule has 0 radical (unpaired) electrons. The van der Waals surface area contributed by atoms with E-state index in [0.29, 0.717) is 11.8 Å². The Bertz CT molecular complexity index is 588. The summed E-state index contributed by atoms with van der Waals surface area (Å²) in [6, 6.07) is 7.86. The summed E-state index contributed by atoms with van der Waals surface area (Å²) in [5, 5.41) is 3.10. The number of sulfonamides is 1. The summed E-state index contributed by atoms with van der Waals surface area (Å²) in [5.74, 6) is 1.34. The lowest BCUT2D eigenvalue weighted by Crippen LogP contribution is -2.30. The smallest absolute Gasteiger partial charge is 0.218 e. The Balaban J connectivity index is 1.70. The minimum atomic E-state index is -3.17. The summed E-state index contributed by atoms with van der Waals surface area (Å²) in [5.41, 5.74) is 2.02. The zero-order valence-corrected chi connectivity index (χ0v) is 13.4. The molecule has 4 nitrogen and oxygen atoms in total. The van der Waals surface area contributed by atoms with Crippen molar-refractivity contribution in [2.75, 3.05) is 20.1 Å². The van der Waals surface area contributed by atoms with E-state index in [0.717, 1.165) is 30.8 Å². The molecule has 1 N–H and O–H groups in total. The summed E-state index contributed by atoms with van der Waals surface area (Å²) in [4.78, 5) is 0. The number of nitrogens with one attached hydrogen (secondary N) is 1. The average Bonchev–Trinajstić information content (AvgIpc) is 2.99. The van der Waals surface area contributed by atoms with Crippen molar-refractivity contribution in [3.05, 3.63) is 35.4 Å². The van der Waals surface area contributed by atoms with Crippen molar-refractivity contribution in [3.8, 4) is 0 Å². The molecule has 0 bridgehead atoms. The van der Waals surface area contributed by atoms with Crippen LogP contribution in [-0.2, 0) is 22.3 Å². The molecule has 116 valence electrons. The van der Waals surface area contributed by atoms with Crippen molar-refractivity contribution in [2.24, 2.45) is 11.8 Å². The Morgan fingerprint density at radius 2 is 1.86 bits per heavy atom. The van der Waals surface area contributed by atoms with Crippen LogP contribution in [-0.4, -0.2) is 32.9 Å². The van der Waals surface area contributed by atoms with Crippen molar-refractivity contribution < 1.29 is 8.42 Å². The third-order valence-electron chi connectivity index (χ3n) is 4.81. The molecule has 1 aliphatic carbocycles. The van der Waals surface area contributed by atoms with Crippen LogP contribution in [0.15, 0.2) is 24.3 Å². The van der Waals surface area contributed by atoms with Crippen LogP contribution in [0.4, 0.5) is 0 Å². The molecule has 1 aromatic carbocycles. The molecule has 21 heavy (non-hydrogen) atoms. The summed E-state index contributed by atoms with van der Waals surface area (Å²) in [6.45, 7) is 2.24. The van der Waals surface area contributed by atoms with E-state index in [-0.39, 0.29) is 5.75 Å². The molecule has 1 heterocycles. The minimum absolute atomic E-state index is 0.129. The summed E-state index contributed by atoms with van der Waals surface area (Å²) in [7, 11) is -1.28. The highest BCUT2D eigenvalue weighted by Crippen LogP contribution is 2.39. The van der Waals surface area contributed by atoms with Crippen LogP contribution in [0, 0.1) is 11.8 Å². The third kappa shape index (κ3) is 3.30. The van der Waals surface area contributed by atoms with Gasteiger partial charge in [0, 0.05) is 19.6 Å². The molecule has 0 amide bonds. The van der Waals surface area contributed by atoms with Gasteiger partial charge in [0.05, 0.1) is 5.75 Å². The Morgan fingerprint density at radius 3 is 2.52 bits per heavy atom. The average molecular weight is 308 g/mol. The van der Waals surface area contributed by atoms with E-state index < -0.39 is 10.0 Å². The number of nitrogens with zero attached hydrogens (tertiary/aromatic N) is 1. The first-order chi connectivity index (χ1) is 10.1. The molecule has 1 saturated heterocycles.